The molecule has 0 atom stereocenters. The molecule has 4 rings (SSSR count). The monoisotopic (exact) mass is 310 g/mol. The quantitative estimate of drug-likeness (QED) is 0.942. The minimum Gasteiger partial charge on any atom is -0.497 e. The molecule has 5 heteroatoms. The van der Waals surface area contributed by atoms with Gasteiger partial charge in [0.15, 0.2) is 0 Å². The van der Waals surface area contributed by atoms with E-state index >= 15 is 0 Å². The number of likely N-dealkylation sites (tertiary alicyclic amines) is 1. The van der Waals surface area contributed by atoms with Crippen LogP contribution in [0.1, 0.15) is 15.9 Å². The molecule has 1 fully saturated rings. The number of nitrogens with zero attached hydrogens (tertiary/aromatic N) is 1. The number of nitrogens with one attached hydrogen (secondary N) is 1. The molecule has 2 aliphatic rings. The molecule has 118 valence electrons. The summed E-state index contributed by atoms with van der Waals surface area (Å²) in [5, 5.41) is 3.00. The molecule has 1 N–H and O–H groups in total. The first-order valence-electron chi connectivity index (χ1n) is 7.63. The van der Waals surface area contributed by atoms with Crippen molar-refractivity contribution in [3.63, 3.8) is 0 Å². The van der Waals surface area contributed by atoms with Crippen LogP contribution in [0.5, 0.6) is 11.5 Å². The van der Waals surface area contributed by atoms with Gasteiger partial charge in [-0.15, -0.1) is 0 Å². The molecule has 23 heavy (non-hydrogen) atoms. The molecule has 2 aromatic carbocycles. The van der Waals surface area contributed by atoms with E-state index in [0.29, 0.717) is 24.4 Å². The van der Waals surface area contributed by atoms with E-state index in [2.05, 4.69) is 16.3 Å². The largest absolute Gasteiger partial charge is 0.497 e. The lowest BCUT2D eigenvalue weighted by Crippen LogP contribution is -2.74. The van der Waals surface area contributed by atoms with Gasteiger partial charge in [-0.25, -0.2) is 0 Å². The Morgan fingerprint density at radius 3 is 2.87 bits per heavy atom. The molecule has 0 radical (unpaired) electrons. The summed E-state index contributed by atoms with van der Waals surface area (Å²) in [6.07, 6.45) is 0. The molecule has 0 unspecified atom stereocenters. The van der Waals surface area contributed by atoms with Crippen LogP contribution in [0.2, 0.25) is 0 Å². The van der Waals surface area contributed by atoms with Crippen LogP contribution in [0.25, 0.3) is 0 Å². The Kier molecular flexibility index (Phi) is 3.23. The summed E-state index contributed by atoms with van der Waals surface area (Å²) in [7, 11) is 1.67. The predicted molar refractivity (Wildman–Crippen MR) is 85.5 cm³/mol. The number of hydrogen-bond donors (Lipinski definition) is 1. The van der Waals surface area contributed by atoms with Crippen LogP contribution >= 0.6 is 0 Å². The second kappa shape index (κ2) is 5.28. The van der Waals surface area contributed by atoms with Crippen LogP contribution in [0.15, 0.2) is 48.5 Å². The van der Waals surface area contributed by atoms with E-state index in [4.69, 9.17) is 9.47 Å². The average Bonchev–Trinajstić information content (AvgIpc) is 2.54. The van der Waals surface area contributed by atoms with Crippen LogP contribution in [0, 0.1) is 0 Å². The maximum absolute atomic E-state index is 12.2. The Morgan fingerprint density at radius 2 is 2.04 bits per heavy atom. The van der Waals surface area contributed by atoms with Crippen LogP contribution in [-0.2, 0) is 6.54 Å². The highest BCUT2D eigenvalue weighted by Gasteiger charge is 2.49. The Hall–Kier alpha value is -2.53. The third-order valence-corrected chi connectivity index (χ3v) is 4.28. The second-order valence-electron chi connectivity index (χ2n) is 6.04. The van der Waals surface area contributed by atoms with Crippen molar-refractivity contribution in [3.05, 3.63) is 59.7 Å². The van der Waals surface area contributed by atoms with Crippen LogP contribution in [0.4, 0.5) is 0 Å². The Morgan fingerprint density at radius 1 is 1.22 bits per heavy atom. The van der Waals surface area contributed by atoms with Gasteiger partial charge >= 0.3 is 0 Å². The van der Waals surface area contributed by atoms with Gasteiger partial charge in [0.25, 0.3) is 5.91 Å². The summed E-state index contributed by atoms with van der Waals surface area (Å²) in [5.41, 5.74) is 1.19. The van der Waals surface area contributed by atoms with Gasteiger partial charge in [-0.1, -0.05) is 24.3 Å². The van der Waals surface area contributed by atoms with Crippen molar-refractivity contribution >= 4 is 5.91 Å². The topological polar surface area (TPSA) is 50.8 Å². The summed E-state index contributed by atoms with van der Waals surface area (Å²) in [4.78, 5) is 14.5. The Labute approximate surface area is 134 Å². The van der Waals surface area contributed by atoms with Crippen molar-refractivity contribution < 1.29 is 14.3 Å². The van der Waals surface area contributed by atoms with Gasteiger partial charge < -0.3 is 14.8 Å². The summed E-state index contributed by atoms with van der Waals surface area (Å²) < 4.78 is 11.3. The molecule has 1 spiro atoms. The first-order chi connectivity index (χ1) is 11.2. The smallest absolute Gasteiger partial charge is 0.258 e. The number of hydrogen-bond acceptors (Lipinski definition) is 4. The molecule has 2 aromatic rings. The first-order valence-corrected chi connectivity index (χ1v) is 7.63. The van der Waals surface area contributed by atoms with Crippen molar-refractivity contribution in [2.24, 2.45) is 0 Å². The van der Waals surface area contributed by atoms with Gasteiger partial charge in [0.2, 0.25) is 5.72 Å². The van der Waals surface area contributed by atoms with Gasteiger partial charge in [-0.2, -0.15) is 0 Å². The van der Waals surface area contributed by atoms with Gasteiger partial charge in [0, 0.05) is 6.54 Å². The summed E-state index contributed by atoms with van der Waals surface area (Å²) >= 11 is 0. The fourth-order valence-corrected chi connectivity index (χ4v) is 3.21. The third kappa shape index (κ3) is 2.53. The van der Waals surface area contributed by atoms with Crippen molar-refractivity contribution in [2.45, 2.75) is 12.3 Å². The van der Waals surface area contributed by atoms with Crippen molar-refractivity contribution in [2.75, 3.05) is 20.2 Å². The first kappa shape index (κ1) is 14.1. The molecule has 0 aromatic heterocycles. The van der Waals surface area contributed by atoms with Crippen molar-refractivity contribution in [3.8, 4) is 11.5 Å². The van der Waals surface area contributed by atoms with E-state index < -0.39 is 5.72 Å². The third-order valence-electron chi connectivity index (χ3n) is 4.28. The Bertz CT molecular complexity index is 753. The maximum Gasteiger partial charge on any atom is 0.258 e. The zero-order valence-electron chi connectivity index (χ0n) is 12.9. The van der Waals surface area contributed by atoms with E-state index in [0.717, 1.165) is 12.3 Å². The standard InChI is InChI=1S/C18H18N2O3/c1-22-14-6-4-5-13(9-14)10-20-11-18(12-20)19-17(21)15-7-2-3-8-16(15)23-18/h2-9H,10-12H2,1H3,(H,19,21). The second-order valence-corrected chi connectivity index (χ2v) is 6.04. The molecular formula is C18H18N2O3. The molecule has 0 aliphatic carbocycles. The van der Waals surface area contributed by atoms with Crippen LogP contribution < -0.4 is 14.8 Å². The van der Waals surface area contributed by atoms with E-state index in [-0.39, 0.29) is 5.91 Å². The van der Waals surface area contributed by atoms with E-state index in [9.17, 15) is 4.79 Å². The van der Waals surface area contributed by atoms with Crippen LogP contribution in [0.3, 0.4) is 0 Å². The number of methoxy groups -OCH3 is 1. The zero-order chi connectivity index (χ0) is 15.9. The number of fused-ring (bicyclic) bond motifs is 1. The normalized spacial score (nSPS) is 18.6. The highest BCUT2D eigenvalue weighted by molar-refractivity contribution is 5.98. The van der Waals surface area contributed by atoms with E-state index in [1.54, 1.807) is 13.2 Å². The average molecular weight is 310 g/mol. The van der Waals surface area contributed by atoms with Gasteiger partial charge in [0.1, 0.15) is 11.5 Å². The van der Waals surface area contributed by atoms with Crippen molar-refractivity contribution in [1.29, 1.82) is 0 Å². The van der Waals surface area contributed by atoms with Gasteiger partial charge in [-0.05, 0) is 29.8 Å². The van der Waals surface area contributed by atoms with Gasteiger partial charge in [0.05, 0.1) is 25.8 Å². The summed E-state index contributed by atoms with van der Waals surface area (Å²) in [6, 6.07) is 15.4. The fourth-order valence-electron chi connectivity index (χ4n) is 3.21. The van der Waals surface area contributed by atoms with E-state index in [1.807, 2.05) is 36.4 Å². The zero-order valence-corrected chi connectivity index (χ0v) is 12.9. The number of amides is 1. The number of ether oxygens (including phenoxy) is 2. The minimum absolute atomic E-state index is 0.0621. The lowest BCUT2D eigenvalue weighted by molar-refractivity contribution is -0.102. The lowest BCUT2D eigenvalue weighted by Gasteiger charge is -2.51. The maximum atomic E-state index is 12.2. The number of benzene rings is 2. The molecule has 1 saturated heterocycles. The molecule has 1 amide bonds. The fraction of sp³-hybridized carbons (Fsp3) is 0.278. The number of carbonyl (C=O) groups excluding carboxylic acids is 1. The molecular weight excluding hydrogens is 292 g/mol. The molecule has 5 nitrogen and oxygen atoms in total. The van der Waals surface area contributed by atoms with E-state index in [1.165, 1.54) is 5.56 Å². The highest BCUT2D eigenvalue weighted by Crippen LogP contribution is 2.33. The SMILES string of the molecule is COc1cccc(CN2CC3(C2)NC(=O)c2ccccc2O3)c1. The number of carbonyl (C=O) groups is 1. The number of rotatable bonds is 3. The summed E-state index contributed by atoms with van der Waals surface area (Å²) in [6.45, 7) is 2.15. The molecule has 0 saturated carbocycles. The predicted octanol–water partition coefficient (Wildman–Crippen LogP) is 2.03. The summed E-state index contributed by atoms with van der Waals surface area (Å²) in [5.74, 6) is 1.46. The Balaban J connectivity index is 1.44. The lowest BCUT2D eigenvalue weighted by atomic mass is 9.99. The molecule has 2 heterocycles. The highest BCUT2D eigenvalue weighted by atomic mass is 16.5. The van der Waals surface area contributed by atoms with Gasteiger partial charge in [-0.3, -0.25) is 9.69 Å². The van der Waals surface area contributed by atoms with Crippen LogP contribution in [-0.4, -0.2) is 36.7 Å². The molecule has 0 bridgehead atoms. The molecule has 2 aliphatic heterocycles. The minimum atomic E-state index is -0.593. The number of para-hydroxylation sites is 1. The van der Waals surface area contributed by atoms with Crippen molar-refractivity contribution in [1.82, 2.24) is 10.2 Å².